The molecule has 1 fully saturated rings. The molecule has 1 N–H and O–H groups in total. The van der Waals surface area contributed by atoms with Crippen LogP contribution in [0.4, 0.5) is 5.69 Å². The quantitative estimate of drug-likeness (QED) is 0.838. The molecule has 1 aromatic carbocycles. The standard InChI is InChI=1S/C17H17N3/c1-13-16(5-3-12-19-13)14-6-8-15(9-7-14)20-17(18-2)10-4-11-17/h3,5-9,12,20H,4,10-11H2,1H3. The molecule has 3 rings (SSSR count). The minimum absolute atomic E-state index is 0.355. The second-order valence-corrected chi connectivity index (χ2v) is 5.34. The van der Waals surface area contributed by atoms with Crippen molar-refractivity contribution in [2.75, 3.05) is 5.32 Å². The number of anilines is 1. The number of benzene rings is 1. The molecule has 3 heteroatoms. The monoisotopic (exact) mass is 263 g/mol. The maximum atomic E-state index is 7.32. The van der Waals surface area contributed by atoms with Crippen LogP contribution in [0.5, 0.6) is 0 Å². The Morgan fingerprint density at radius 3 is 2.50 bits per heavy atom. The topological polar surface area (TPSA) is 29.3 Å². The summed E-state index contributed by atoms with van der Waals surface area (Å²) in [6.45, 7) is 9.33. The van der Waals surface area contributed by atoms with Gasteiger partial charge in [-0.15, -0.1) is 0 Å². The van der Waals surface area contributed by atoms with Crippen LogP contribution in [0.15, 0.2) is 42.6 Å². The molecular weight excluding hydrogens is 246 g/mol. The molecular formula is C17H17N3. The van der Waals surface area contributed by atoms with Gasteiger partial charge < -0.3 is 5.32 Å². The van der Waals surface area contributed by atoms with E-state index in [4.69, 9.17) is 6.57 Å². The van der Waals surface area contributed by atoms with Crippen molar-refractivity contribution in [3.05, 3.63) is 59.7 Å². The Labute approximate surface area is 119 Å². The van der Waals surface area contributed by atoms with Crippen LogP contribution in [-0.4, -0.2) is 10.6 Å². The molecule has 2 aromatic rings. The number of nitrogens with one attached hydrogen (secondary N) is 1. The van der Waals surface area contributed by atoms with Gasteiger partial charge in [0, 0.05) is 36.0 Å². The third-order valence-electron chi connectivity index (χ3n) is 3.97. The first-order valence-corrected chi connectivity index (χ1v) is 6.91. The summed E-state index contributed by atoms with van der Waals surface area (Å²) in [5.41, 5.74) is 4.01. The molecule has 0 spiro atoms. The number of hydrogen-bond donors (Lipinski definition) is 1. The van der Waals surface area contributed by atoms with Crippen LogP contribution in [0.25, 0.3) is 16.0 Å². The van der Waals surface area contributed by atoms with E-state index in [1.807, 2.05) is 31.3 Å². The number of hydrogen-bond acceptors (Lipinski definition) is 2. The van der Waals surface area contributed by atoms with Gasteiger partial charge in [0.2, 0.25) is 0 Å². The van der Waals surface area contributed by atoms with Gasteiger partial charge in [0.25, 0.3) is 0 Å². The molecule has 1 saturated carbocycles. The molecule has 0 aliphatic heterocycles. The van der Waals surface area contributed by atoms with E-state index in [0.717, 1.165) is 41.8 Å². The van der Waals surface area contributed by atoms with E-state index in [-0.39, 0.29) is 5.66 Å². The van der Waals surface area contributed by atoms with E-state index in [0.29, 0.717) is 0 Å². The lowest BCUT2D eigenvalue weighted by molar-refractivity contribution is 0.343. The van der Waals surface area contributed by atoms with Gasteiger partial charge in [-0.25, -0.2) is 6.57 Å². The van der Waals surface area contributed by atoms with Crippen LogP contribution in [-0.2, 0) is 0 Å². The van der Waals surface area contributed by atoms with E-state index in [1.165, 1.54) is 0 Å². The third-order valence-corrected chi connectivity index (χ3v) is 3.97. The average molecular weight is 263 g/mol. The minimum Gasteiger partial charge on any atom is -0.314 e. The highest BCUT2D eigenvalue weighted by Gasteiger charge is 2.43. The van der Waals surface area contributed by atoms with Crippen molar-refractivity contribution in [2.24, 2.45) is 0 Å². The van der Waals surface area contributed by atoms with Crippen molar-refractivity contribution < 1.29 is 0 Å². The van der Waals surface area contributed by atoms with Crippen molar-refractivity contribution >= 4 is 5.69 Å². The van der Waals surface area contributed by atoms with Crippen molar-refractivity contribution in [1.29, 1.82) is 0 Å². The molecule has 1 aromatic heterocycles. The second-order valence-electron chi connectivity index (χ2n) is 5.34. The fourth-order valence-electron chi connectivity index (χ4n) is 2.57. The fourth-order valence-corrected chi connectivity index (χ4v) is 2.57. The molecule has 20 heavy (non-hydrogen) atoms. The van der Waals surface area contributed by atoms with Crippen molar-refractivity contribution in [3.63, 3.8) is 0 Å². The molecule has 0 atom stereocenters. The zero-order chi connectivity index (χ0) is 14.0. The average Bonchev–Trinajstić information content (AvgIpc) is 2.44. The molecule has 0 radical (unpaired) electrons. The summed E-state index contributed by atoms with van der Waals surface area (Å²) < 4.78 is 0. The van der Waals surface area contributed by atoms with E-state index >= 15 is 0 Å². The summed E-state index contributed by atoms with van der Waals surface area (Å²) in [5.74, 6) is 0. The van der Waals surface area contributed by atoms with E-state index in [2.05, 4.69) is 33.3 Å². The summed E-state index contributed by atoms with van der Waals surface area (Å²) in [6, 6.07) is 12.3. The SMILES string of the molecule is [C-]#[N+]C1(Nc2ccc(-c3cccnc3C)cc2)CCC1. The van der Waals surface area contributed by atoms with Crippen LogP contribution in [0.2, 0.25) is 0 Å². The molecule has 100 valence electrons. The molecule has 3 nitrogen and oxygen atoms in total. The lowest BCUT2D eigenvalue weighted by Crippen LogP contribution is -2.41. The number of aryl methyl sites for hydroxylation is 1. The fraction of sp³-hybridized carbons (Fsp3) is 0.294. The van der Waals surface area contributed by atoms with Crippen LogP contribution < -0.4 is 5.32 Å². The Morgan fingerprint density at radius 2 is 1.95 bits per heavy atom. The van der Waals surface area contributed by atoms with Gasteiger partial charge in [0.1, 0.15) is 0 Å². The van der Waals surface area contributed by atoms with Crippen molar-refractivity contribution in [3.8, 4) is 11.1 Å². The molecule has 0 saturated heterocycles. The van der Waals surface area contributed by atoms with Crippen LogP contribution in [0, 0.1) is 13.5 Å². The van der Waals surface area contributed by atoms with Crippen LogP contribution in [0.3, 0.4) is 0 Å². The summed E-state index contributed by atoms with van der Waals surface area (Å²) in [5, 5.41) is 3.37. The summed E-state index contributed by atoms with van der Waals surface area (Å²) >= 11 is 0. The zero-order valence-electron chi connectivity index (χ0n) is 11.6. The maximum Gasteiger partial charge on any atom is 0.305 e. The van der Waals surface area contributed by atoms with E-state index in [1.54, 1.807) is 0 Å². The Balaban J connectivity index is 1.82. The predicted octanol–water partition coefficient (Wildman–Crippen LogP) is 4.27. The van der Waals surface area contributed by atoms with Crippen molar-refractivity contribution in [1.82, 2.24) is 4.98 Å². The normalized spacial score (nSPS) is 16.0. The van der Waals surface area contributed by atoms with Gasteiger partial charge in [0.15, 0.2) is 0 Å². The highest BCUT2D eigenvalue weighted by Crippen LogP contribution is 2.37. The molecule has 1 aliphatic rings. The lowest BCUT2D eigenvalue weighted by Gasteiger charge is -2.31. The molecule has 0 unspecified atom stereocenters. The summed E-state index contributed by atoms with van der Waals surface area (Å²) in [7, 11) is 0. The minimum atomic E-state index is -0.355. The first-order valence-electron chi connectivity index (χ1n) is 6.91. The molecule has 0 bridgehead atoms. The first kappa shape index (κ1) is 12.7. The highest BCUT2D eigenvalue weighted by atomic mass is 15.1. The van der Waals surface area contributed by atoms with Crippen LogP contribution >= 0.6 is 0 Å². The number of nitrogens with zero attached hydrogens (tertiary/aromatic N) is 2. The van der Waals surface area contributed by atoms with Gasteiger partial charge >= 0.3 is 5.66 Å². The lowest BCUT2D eigenvalue weighted by atomic mass is 9.85. The van der Waals surface area contributed by atoms with Crippen molar-refractivity contribution in [2.45, 2.75) is 31.8 Å². The van der Waals surface area contributed by atoms with Crippen LogP contribution in [0.1, 0.15) is 25.0 Å². The zero-order valence-corrected chi connectivity index (χ0v) is 11.6. The summed E-state index contributed by atoms with van der Waals surface area (Å²) in [4.78, 5) is 8.06. The van der Waals surface area contributed by atoms with Gasteiger partial charge in [0.05, 0.1) is 0 Å². The molecule has 1 aliphatic carbocycles. The number of rotatable bonds is 3. The van der Waals surface area contributed by atoms with E-state index in [9.17, 15) is 0 Å². The third kappa shape index (κ3) is 2.25. The van der Waals surface area contributed by atoms with Gasteiger partial charge in [-0.05, 0) is 37.1 Å². The maximum absolute atomic E-state index is 7.32. The predicted molar refractivity (Wildman–Crippen MR) is 81.2 cm³/mol. The number of aromatic nitrogens is 1. The second kappa shape index (κ2) is 4.97. The Hall–Kier alpha value is -2.34. The smallest absolute Gasteiger partial charge is 0.305 e. The highest BCUT2D eigenvalue weighted by molar-refractivity contribution is 5.68. The van der Waals surface area contributed by atoms with Gasteiger partial charge in [-0.2, -0.15) is 0 Å². The molecule has 0 amide bonds. The summed E-state index contributed by atoms with van der Waals surface area (Å²) in [6.07, 6.45) is 4.84. The van der Waals surface area contributed by atoms with Gasteiger partial charge in [-0.3, -0.25) is 9.83 Å². The van der Waals surface area contributed by atoms with E-state index < -0.39 is 0 Å². The Bertz CT molecular complexity index is 649. The van der Waals surface area contributed by atoms with Gasteiger partial charge in [-0.1, -0.05) is 18.2 Å². The number of pyridine rings is 1. The Kier molecular flexibility index (Phi) is 3.15. The Morgan fingerprint density at radius 1 is 1.20 bits per heavy atom. The first-order chi connectivity index (χ1) is 9.72. The molecule has 1 heterocycles. The largest absolute Gasteiger partial charge is 0.314 e.